The fourth-order valence-corrected chi connectivity index (χ4v) is 3.97. The van der Waals surface area contributed by atoms with Gasteiger partial charge in [0.15, 0.2) is 11.5 Å². The largest absolute Gasteiger partial charge is 0.497 e. The van der Waals surface area contributed by atoms with Crippen LogP contribution in [0, 0.1) is 5.92 Å². The fourth-order valence-electron chi connectivity index (χ4n) is 3.97. The van der Waals surface area contributed by atoms with E-state index in [0.717, 1.165) is 29.8 Å². The van der Waals surface area contributed by atoms with Crippen LogP contribution in [-0.2, 0) is 4.79 Å². The van der Waals surface area contributed by atoms with Gasteiger partial charge in [0.25, 0.3) is 0 Å². The summed E-state index contributed by atoms with van der Waals surface area (Å²) < 4.78 is 16.6. The summed E-state index contributed by atoms with van der Waals surface area (Å²) in [6.07, 6.45) is 1.54. The number of benzene rings is 2. The first kappa shape index (κ1) is 20.0. The number of methoxy groups -OCH3 is 3. The van der Waals surface area contributed by atoms with Crippen molar-refractivity contribution in [1.29, 1.82) is 0 Å². The van der Waals surface area contributed by atoms with Crippen molar-refractivity contribution in [3.63, 3.8) is 0 Å². The molecule has 0 aliphatic carbocycles. The van der Waals surface area contributed by atoms with Crippen molar-refractivity contribution < 1.29 is 24.1 Å². The molecule has 2 aromatic rings. The summed E-state index contributed by atoms with van der Waals surface area (Å²) in [6.45, 7) is 1.30. The Kier molecular flexibility index (Phi) is 6.41. The number of aliphatic carboxylic acids is 1. The van der Waals surface area contributed by atoms with Gasteiger partial charge in [-0.1, -0.05) is 24.3 Å². The molecule has 2 atom stereocenters. The van der Waals surface area contributed by atoms with Crippen molar-refractivity contribution >= 4 is 5.97 Å². The van der Waals surface area contributed by atoms with Crippen LogP contribution in [0.3, 0.4) is 0 Å². The van der Waals surface area contributed by atoms with E-state index in [4.69, 9.17) is 14.2 Å². The zero-order chi connectivity index (χ0) is 20.1. The molecule has 0 aromatic heterocycles. The molecule has 150 valence electrons. The second-order valence-corrected chi connectivity index (χ2v) is 6.93. The van der Waals surface area contributed by atoms with Crippen LogP contribution in [-0.4, -0.2) is 50.4 Å². The van der Waals surface area contributed by atoms with Crippen molar-refractivity contribution in [2.75, 3.05) is 34.4 Å². The minimum Gasteiger partial charge on any atom is -0.497 e. The third kappa shape index (κ3) is 4.07. The summed E-state index contributed by atoms with van der Waals surface area (Å²) in [6, 6.07) is 13.5. The van der Waals surface area contributed by atoms with E-state index in [-0.39, 0.29) is 12.0 Å². The Bertz CT molecular complexity index is 822. The van der Waals surface area contributed by atoms with Crippen molar-refractivity contribution in [2.45, 2.75) is 18.9 Å². The second-order valence-electron chi connectivity index (χ2n) is 6.93. The van der Waals surface area contributed by atoms with Crippen molar-refractivity contribution in [3.05, 3.63) is 53.6 Å². The molecule has 1 N–H and O–H groups in total. The van der Waals surface area contributed by atoms with E-state index in [1.54, 1.807) is 21.3 Å². The maximum atomic E-state index is 11.6. The van der Waals surface area contributed by atoms with Gasteiger partial charge in [0, 0.05) is 12.1 Å². The highest BCUT2D eigenvalue weighted by Gasteiger charge is 2.33. The van der Waals surface area contributed by atoms with Crippen LogP contribution in [0.1, 0.15) is 30.0 Å². The van der Waals surface area contributed by atoms with Crippen LogP contribution in [0.25, 0.3) is 0 Å². The van der Waals surface area contributed by atoms with Gasteiger partial charge in [-0.2, -0.15) is 0 Å². The average Bonchev–Trinajstić information content (AvgIpc) is 2.74. The molecule has 6 heteroatoms. The van der Waals surface area contributed by atoms with E-state index in [2.05, 4.69) is 4.90 Å². The van der Waals surface area contributed by atoms with Crippen LogP contribution in [0.4, 0.5) is 0 Å². The second kappa shape index (κ2) is 8.97. The van der Waals surface area contributed by atoms with E-state index in [9.17, 15) is 9.90 Å². The first-order valence-electron chi connectivity index (χ1n) is 9.40. The Morgan fingerprint density at radius 2 is 1.89 bits per heavy atom. The number of hydrogen-bond donors (Lipinski definition) is 1. The number of rotatable bonds is 7. The predicted molar refractivity (Wildman–Crippen MR) is 106 cm³/mol. The zero-order valence-electron chi connectivity index (χ0n) is 16.6. The molecule has 0 bridgehead atoms. The molecule has 28 heavy (non-hydrogen) atoms. The van der Waals surface area contributed by atoms with Gasteiger partial charge in [-0.3, -0.25) is 9.69 Å². The number of ether oxygens (including phenoxy) is 3. The minimum absolute atomic E-state index is 0.165. The van der Waals surface area contributed by atoms with Crippen molar-refractivity contribution in [1.82, 2.24) is 4.90 Å². The van der Waals surface area contributed by atoms with E-state index in [0.29, 0.717) is 24.5 Å². The molecule has 1 fully saturated rings. The Morgan fingerprint density at radius 1 is 1.11 bits per heavy atom. The molecule has 2 aromatic carbocycles. The molecule has 0 radical (unpaired) electrons. The van der Waals surface area contributed by atoms with Gasteiger partial charge in [0.05, 0.1) is 33.3 Å². The van der Waals surface area contributed by atoms with Gasteiger partial charge < -0.3 is 19.3 Å². The third-order valence-electron chi connectivity index (χ3n) is 5.30. The molecular weight excluding hydrogens is 358 g/mol. The van der Waals surface area contributed by atoms with Gasteiger partial charge >= 0.3 is 5.97 Å². The Balaban J connectivity index is 2.11. The number of para-hydroxylation sites is 1. The van der Waals surface area contributed by atoms with E-state index < -0.39 is 5.97 Å². The number of carboxylic acid groups (broad SMARTS) is 1. The average molecular weight is 385 g/mol. The molecule has 1 saturated heterocycles. The maximum absolute atomic E-state index is 11.6. The van der Waals surface area contributed by atoms with E-state index in [1.807, 2.05) is 42.5 Å². The highest BCUT2D eigenvalue weighted by Crippen LogP contribution is 2.42. The quantitative estimate of drug-likeness (QED) is 0.785. The molecule has 1 heterocycles. The SMILES string of the molecule is COc1cccc(C(c2cccc(OC)c2OC)N2CCCC(C(=O)O)C2)c1. The summed E-state index contributed by atoms with van der Waals surface area (Å²) in [5.74, 6) is 0.955. The number of hydrogen-bond acceptors (Lipinski definition) is 5. The lowest BCUT2D eigenvalue weighted by Crippen LogP contribution is -2.41. The summed E-state index contributed by atoms with van der Waals surface area (Å²) in [5.41, 5.74) is 1.97. The van der Waals surface area contributed by atoms with Crippen LogP contribution in [0.5, 0.6) is 17.2 Å². The summed E-state index contributed by atoms with van der Waals surface area (Å²) in [4.78, 5) is 13.8. The summed E-state index contributed by atoms with van der Waals surface area (Å²) in [5, 5.41) is 9.55. The fraction of sp³-hybridized carbons (Fsp3) is 0.409. The Labute approximate surface area is 165 Å². The van der Waals surface area contributed by atoms with E-state index in [1.165, 1.54) is 0 Å². The maximum Gasteiger partial charge on any atom is 0.307 e. The van der Waals surface area contributed by atoms with Gasteiger partial charge in [0.1, 0.15) is 5.75 Å². The lowest BCUT2D eigenvalue weighted by atomic mass is 9.90. The van der Waals surface area contributed by atoms with Gasteiger partial charge in [-0.25, -0.2) is 0 Å². The molecular formula is C22H27NO5. The summed E-state index contributed by atoms with van der Waals surface area (Å²) in [7, 11) is 4.88. The van der Waals surface area contributed by atoms with Crippen LogP contribution in [0.2, 0.25) is 0 Å². The number of piperidine rings is 1. The van der Waals surface area contributed by atoms with Crippen molar-refractivity contribution in [3.8, 4) is 17.2 Å². The lowest BCUT2D eigenvalue weighted by molar-refractivity contribution is -0.143. The number of nitrogens with zero attached hydrogens (tertiary/aromatic N) is 1. The van der Waals surface area contributed by atoms with E-state index >= 15 is 0 Å². The monoisotopic (exact) mass is 385 g/mol. The topological polar surface area (TPSA) is 68.2 Å². The number of likely N-dealkylation sites (tertiary alicyclic amines) is 1. The molecule has 0 spiro atoms. The highest BCUT2D eigenvalue weighted by molar-refractivity contribution is 5.70. The molecule has 0 amide bonds. The molecule has 0 saturated carbocycles. The molecule has 1 aliphatic heterocycles. The first-order valence-corrected chi connectivity index (χ1v) is 9.40. The summed E-state index contributed by atoms with van der Waals surface area (Å²) >= 11 is 0. The minimum atomic E-state index is -0.744. The number of carbonyl (C=O) groups is 1. The highest BCUT2D eigenvalue weighted by atomic mass is 16.5. The smallest absolute Gasteiger partial charge is 0.307 e. The third-order valence-corrected chi connectivity index (χ3v) is 5.30. The number of carboxylic acids is 1. The predicted octanol–water partition coefficient (Wildman–Crippen LogP) is 3.60. The molecule has 3 rings (SSSR count). The van der Waals surface area contributed by atoms with Crippen LogP contribution in [0.15, 0.2) is 42.5 Å². The Morgan fingerprint density at radius 3 is 2.57 bits per heavy atom. The van der Waals surface area contributed by atoms with Gasteiger partial charge in [-0.05, 0) is 43.1 Å². The van der Waals surface area contributed by atoms with Crippen molar-refractivity contribution in [2.24, 2.45) is 5.92 Å². The molecule has 6 nitrogen and oxygen atoms in total. The lowest BCUT2D eigenvalue weighted by Gasteiger charge is -2.38. The Hall–Kier alpha value is -2.73. The van der Waals surface area contributed by atoms with Crippen LogP contribution < -0.4 is 14.2 Å². The van der Waals surface area contributed by atoms with Gasteiger partial charge in [0.2, 0.25) is 0 Å². The van der Waals surface area contributed by atoms with Crippen LogP contribution >= 0.6 is 0 Å². The zero-order valence-corrected chi connectivity index (χ0v) is 16.6. The molecule has 2 unspecified atom stereocenters. The standard InChI is InChI=1S/C22H27NO5/c1-26-17-9-4-7-15(13-17)20(23-12-6-8-16(14-23)22(24)25)18-10-5-11-19(27-2)21(18)28-3/h4-5,7,9-11,13,16,20H,6,8,12,14H2,1-3H3,(H,24,25). The molecule has 1 aliphatic rings. The van der Waals surface area contributed by atoms with Gasteiger partial charge in [-0.15, -0.1) is 0 Å². The first-order chi connectivity index (χ1) is 13.6. The normalized spacial score (nSPS) is 18.3.